The van der Waals surface area contributed by atoms with Gasteiger partial charge in [0.1, 0.15) is 22.3 Å². The van der Waals surface area contributed by atoms with Gasteiger partial charge < -0.3 is 8.83 Å². The molecule has 0 spiro atoms. The Labute approximate surface area is 307 Å². The standard InChI is InChI=1S/C49H27N3O2/c1-2-13-32-30(11-1)31-12-3-5-17-36(31)46-37-18-6-4-14-33(37)41(27-40(32)46)49-51-47(28-21-23-44-38(25-28)34-15-7-9-19-42(34)53-44)50-48(52-49)29-22-24-45-39(26-29)35-16-8-10-20-43(35)54-45/h1-27H. The van der Waals surface area contributed by atoms with Crippen molar-refractivity contribution in [1.82, 2.24) is 15.0 Å². The fourth-order valence-corrected chi connectivity index (χ4v) is 8.44. The molecule has 0 aliphatic heterocycles. The van der Waals surface area contributed by atoms with Crippen LogP contribution in [0.2, 0.25) is 0 Å². The second-order valence-corrected chi connectivity index (χ2v) is 13.9. The van der Waals surface area contributed by atoms with Gasteiger partial charge in [-0.05, 0) is 97.7 Å². The van der Waals surface area contributed by atoms with E-state index >= 15 is 0 Å². The molecule has 3 heterocycles. The Morgan fingerprint density at radius 1 is 0.278 bits per heavy atom. The van der Waals surface area contributed by atoms with Crippen LogP contribution in [0.3, 0.4) is 0 Å². The molecule has 5 nitrogen and oxygen atoms in total. The van der Waals surface area contributed by atoms with E-state index < -0.39 is 0 Å². The lowest BCUT2D eigenvalue weighted by Gasteiger charge is -2.16. The monoisotopic (exact) mass is 689 g/mol. The van der Waals surface area contributed by atoms with E-state index in [0.29, 0.717) is 17.5 Å². The van der Waals surface area contributed by atoms with Crippen LogP contribution in [0.25, 0.3) is 121 Å². The molecular formula is C49H27N3O2. The second-order valence-electron chi connectivity index (χ2n) is 13.9. The van der Waals surface area contributed by atoms with Crippen molar-refractivity contribution in [3.63, 3.8) is 0 Å². The van der Waals surface area contributed by atoms with Crippen molar-refractivity contribution in [2.75, 3.05) is 0 Å². The normalized spacial score (nSPS) is 12.1. The zero-order valence-corrected chi connectivity index (χ0v) is 28.7. The number of nitrogens with zero attached hydrogens (tertiary/aromatic N) is 3. The fourth-order valence-electron chi connectivity index (χ4n) is 8.44. The zero-order chi connectivity index (χ0) is 35.3. The Bertz CT molecular complexity index is 3390. The predicted octanol–water partition coefficient (Wildman–Crippen LogP) is 13.3. The number of hydrogen-bond donors (Lipinski definition) is 0. The lowest BCUT2D eigenvalue weighted by atomic mass is 9.89. The molecule has 12 rings (SSSR count). The highest BCUT2D eigenvalue weighted by Gasteiger charge is 2.20. The molecule has 0 N–H and O–H groups in total. The van der Waals surface area contributed by atoms with Gasteiger partial charge in [-0.15, -0.1) is 0 Å². The minimum atomic E-state index is 0.590. The lowest BCUT2D eigenvalue weighted by Crippen LogP contribution is -2.01. The number of rotatable bonds is 3. The highest BCUT2D eigenvalue weighted by atomic mass is 16.3. The number of fused-ring (bicyclic) bond motifs is 14. The topological polar surface area (TPSA) is 65.0 Å². The summed E-state index contributed by atoms with van der Waals surface area (Å²) < 4.78 is 12.4. The molecule has 12 aromatic rings. The Hall–Kier alpha value is -7.37. The summed E-state index contributed by atoms with van der Waals surface area (Å²) in [5.41, 5.74) is 6.07. The highest BCUT2D eigenvalue weighted by Crippen LogP contribution is 2.43. The Kier molecular flexibility index (Phi) is 5.99. The van der Waals surface area contributed by atoms with Crippen LogP contribution in [0, 0.1) is 0 Å². The first-order valence-electron chi connectivity index (χ1n) is 18.1. The first kappa shape index (κ1) is 29.2. The van der Waals surface area contributed by atoms with E-state index in [1.54, 1.807) is 0 Å². The molecule has 0 aliphatic carbocycles. The third-order valence-electron chi connectivity index (χ3n) is 10.9. The molecule has 0 fully saturated rings. The molecule has 0 unspecified atom stereocenters. The van der Waals surface area contributed by atoms with Crippen molar-refractivity contribution in [1.29, 1.82) is 0 Å². The van der Waals surface area contributed by atoms with Crippen LogP contribution in [0.1, 0.15) is 0 Å². The molecule has 54 heavy (non-hydrogen) atoms. The van der Waals surface area contributed by atoms with Crippen LogP contribution in [-0.2, 0) is 0 Å². The van der Waals surface area contributed by atoms with Gasteiger partial charge in [0.15, 0.2) is 17.5 Å². The molecule has 9 aromatic carbocycles. The van der Waals surface area contributed by atoms with Gasteiger partial charge in [-0.1, -0.05) is 109 Å². The van der Waals surface area contributed by atoms with Gasteiger partial charge in [0.05, 0.1) is 0 Å². The van der Waals surface area contributed by atoms with Gasteiger partial charge in [-0.2, -0.15) is 0 Å². The van der Waals surface area contributed by atoms with Crippen LogP contribution in [0.5, 0.6) is 0 Å². The summed E-state index contributed by atoms with van der Waals surface area (Å²) in [7, 11) is 0. The summed E-state index contributed by atoms with van der Waals surface area (Å²) in [5, 5.41) is 13.7. The minimum Gasteiger partial charge on any atom is -0.456 e. The third kappa shape index (κ3) is 4.24. The predicted molar refractivity (Wildman–Crippen MR) is 221 cm³/mol. The summed E-state index contributed by atoms with van der Waals surface area (Å²) >= 11 is 0. The van der Waals surface area contributed by atoms with Crippen LogP contribution in [0.15, 0.2) is 173 Å². The van der Waals surface area contributed by atoms with Crippen molar-refractivity contribution < 1.29 is 8.83 Å². The smallest absolute Gasteiger partial charge is 0.164 e. The van der Waals surface area contributed by atoms with Crippen molar-refractivity contribution in [3.05, 3.63) is 164 Å². The van der Waals surface area contributed by atoms with E-state index in [1.807, 2.05) is 60.7 Å². The van der Waals surface area contributed by atoms with E-state index in [2.05, 4.69) is 103 Å². The maximum absolute atomic E-state index is 6.19. The third-order valence-corrected chi connectivity index (χ3v) is 10.9. The van der Waals surface area contributed by atoms with Crippen molar-refractivity contribution in [2.24, 2.45) is 0 Å². The van der Waals surface area contributed by atoms with E-state index in [4.69, 9.17) is 23.8 Å². The molecule has 5 heteroatoms. The van der Waals surface area contributed by atoms with Crippen LogP contribution in [-0.4, -0.2) is 15.0 Å². The Morgan fingerprint density at radius 3 is 1.22 bits per heavy atom. The fraction of sp³-hybridized carbons (Fsp3) is 0. The second kappa shape index (κ2) is 11.1. The van der Waals surface area contributed by atoms with Crippen LogP contribution in [0.4, 0.5) is 0 Å². The van der Waals surface area contributed by atoms with Crippen LogP contribution < -0.4 is 0 Å². The molecule has 0 radical (unpaired) electrons. The Morgan fingerprint density at radius 2 is 0.667 bits per heavy atom. The molecule has 0 bridgehead atoms. The maximum Gasteiger partial charge on any atom is 0.164 e. The summed E-state index contributed by atoms with van der Waals surface area (Å²) in [5.74, 6) is 1.79. The largest absolute Gasteiger partial charge is 0.456 e. The molecule has 3 aromatic heterocycles. The maximum atomic E-state index is 6.19. The average molecular weight is 690 g/mol. The molecule has 0 atom stereocenters. The minimum absolute atomic E-state index is 0.590. The molecule has 0 saturated heterocycles. The lowest BCUT2D eigenvalue weighted by molar-refractivity contribution is 0.668. The summed E-state index contributed by atoms with van der Waals surface area (Å²) in [4.78, 5) is 15.8. The summed E-state index contributed by atoms with van der Waals surface area (Å²) in [6, 6.07) is 56.9. The first-order chi connectivity index (χ1) is 26.7. The molecular weight excluding hydrogens is 663 g/mol. The van der Waals surface area contributed by atoms with Gasteiger partial charge >= 0.3 is 0 Å². The van der Waals surface area contributed by atoms with Gasteiger partial charge in [0.2, 0.25) is 0 Å². The molecule has 0 saturated carbocycles. The Balaban J connectivity index is 1.17. The van der Waals surface area contributed by atoms with Gasteiger partial charge in [-0.3, -0.25) is 0 Å². The molecule has 0 aliphatic rings. The number of hydrogen-bond acceptors (Lipinski definition) is 5. The van der Waals surface area contributed by atoms with Gasteiger partial charge in [0, 0.05) is 38.2 Å². The summed E-state index contributed by atoms with van der Waals surface area (Å²) in [6.07, 6.45) is 0. The van der Waals surface area contributed by atoms with Crippen LogP contribution >= 0.6 is 0 Å². The number of para-hydroxylation sites is 2. The molecule has 250 valence electrons. The van der Waals surface area contributed by atoms with E-state index in [9.17, 15) is 0 Å². The molecule has 0 amide bonds. The number of aromatic nitrogens is 3. The van der Waals surface area contributed by atoms with Gasteiger partial charge in [0.25, 0.3) is 0 Å². The van der Waals surface area contributed by atoms with Crippen molar-refractivity contribution >= 4 is 87.0 Å². The van der Waals surface area contributed by atoms with E-state index in [-0.39, 0.29) is 0 Å². The average Bonchev–Trinajstić information content (AvgIpc) is 3.81. The number of furan rings is 2. The van der Waals surface area contributed by atoms with Crippen molar-refractivity contribution in [3.8, 4) is 34.2 Å². The highest BCUT2D eigenvalue weighted by molar-refractivity contribution is 6.33. The summed E-state index contributed by atoms with van der Waals surface area (Å²) in [6.45, 7) is 0. The van der Waals surface area contributed by atoms with E-state index in [1.165, 1.54) is 32.3 Å². The van der Waals surface area contributed by atoms with Gasteiger partial charge in [-0.25, -0.2) is 15.0 Å². The first-order valence-corrected chi connectivity index (χ1v) is 18.1. The van der Waals surface area contributed by atoms with E-state index in [0.717, 1.165) is 71.3 Å². The zero-order valence-electron chi connectivity index (χ0n) is 28.7. The SMILES string of the molecule is c1ccc2c(c1)oc1ccc(-c3nc(-c4ccc5oc6ccccc6c5c4)nc(-c4cc5c6ccccc6c6ccccc6c5c5ccccc45)n3)cc12. The van der Waals surface area contributed by atoms with Crippen molar-refractivity contribution in [2.45, 2.75) is 0 Å². The quantitative estimate of drug-likeness (QED) is 0.173. The number of benzene rings is 9.